The van der Waals surface area contributed by atoms with Crippen LogP contribution in [-0.2, 0) is 17.6 Å². The molecule has 0 spiro atoms. The van der Waals surface area contributed by atoms with E-state index >= 15 is 0 Å². The molecule has 0 saturated carbocycles. The number of carbonyl (C=O) groups excluding carboxylic acids is 1. The predicted molar refractivity (Wildman–Crippen MR) is 97.3 cm³/mol. The van der Waals surface area contributed by atoms with Crippen LogP contribution < -0.4 is 4.90 Å². The highest BCUT2D eigenvalue weighted by molar-refractivity contribution is 5.78. The van der Waals surface area contributed by atoms with Crippen LogP contribution in [0.15, 0.2) is 36.9 Å². The van der Waals surface area contributed by atoms with Crippen LogP contribution in [0, 0.1) is 5.92 Å². The van der Waals surface area contributed by atoms with Crippen molar-refractivity contribution in [2.24, 2.45) is 5.92 Å². The van der Waals surface area contributed by atoms with Crippen molar-refractivity contribution in [3.63, 3.8) is 0 Å². The number of nitrogens with zero attached hydrogens (tertiary/aromatic N) is 5. The van der Waals surface area contributed by atoms with Crippen molar-refractivity contribution in [1.82, 2.24) is 19.9 Å². The van der Waals surface area contributed by atoms with E-state index in [-0.39, 0.29) is 5.91 Å². The second-order valence-electron chi connectivity index (χ2n) is 6.81. The first-order chi connectivity index (χ1) is 12.1. The van der Waals surface area contributed by atoms with Gasteiger partial charge >= 0.3 is 0 Å². The summed E-state index contributed by atoms with van der Waals surface area (Å²) in [5.74, 6) is 1.54. The summed E-state index contributed by atoms with van der Waals surface area (Å²) < 4.78 is 0. The molecule has 25 heavy (non-hydrogen) atoms. The number of hydrogen-bond acceptors (Lipinski definition) is 5. The molecule has 1 saturated heterocycles. The van der Waals surface area contributed by atoms with Crippen LogP contribution in [-0.4, -0.2) is 52.9 Å². The highest BCUT2D eigenvalue weighted by Gasteiger charge is 2.25. The second-order valence-corrected chi connectivity index (χ2v) is 6.81. The van der Waals surface area contributed by atoms with Crippen molar-refractivity contribution in [3.05, 3.63) is 48.2 Å². The number of piperidine rings is 1. The quantitative estimate of drug-likeness (QED) is 0.833. The van der Waals surface area contributed by atoms with Crippen LogP contribution in [0.1, 0.15) is 24.1 Å². The third-order valence-corrected chi connectivity index (χ3v) is 4.61. The lowest BCUT2D eigenvalue weighted by Crippen LogP contribution is -2.41. The molecule has 0 radical (unpaired) electrons. The topological polar surface area (TPSA) is 62.2 Å². The van der Waals surface area contributed by atoms with E-state index in [0.717, 1.165) is 49.4 Å². The third kappa shape index (κ3) is 4.53. The van der Waals surface area contributed by atoms with E-state index in [0.29, 0.717) is 12.3 Å². The lowest BCUT2D eigenvalue weighted by molar-refractivity contribution is -0.132. The Bertz CT molecular complexity index is 704. The fraction of sp³-hybridized carbons (Fsp3) is 0.474. The summed E-state index contributed by atoms with van der Waals surface area (Å²) in [5, 5.41) is 0. The molecule has 0 N–H and O–H groups in total. The van der Waals surface area contributed by atoms with Gasteiger partial charge in [-0.2, -0.15) is 0 Å². The molecule has 6 heteroatoms. The molecular formula is C19H25N5O. The molecule has 1 aliphatic heterocycles. The third-order valence-electron chi connectivity index (χ3n) is 4.61. The maximum atomic E-state index is 12.6. The monoisotopic (exact) mass is 339 g/mol. The summed E-state index contributed by atoms with van der Waals surface area (Å²) >= 11 is 0. The Morgan fingerprint density at radius 3 is 2.88 bits per heavy atom. The summed E-state index contributed by atoms with van der Waals surface area (Å²) in [4.78, 5) is 29.6. The van der Waals surface area contributed by atoms with Gasteiger partial charge in [-0.05, 0) is 36.8 Å². The van der Waals surface area contributed by atoms with Crippen molar-refractivity contribution in [1.29, 1.82) is 0 Å². The minimum absolute atomic E-state index is 0.185. The Kier molecular flexibility index (Phi) is 5.58. The van der Waals surface area contributed by atoms with Gasteiger partial charge in [-0.3, -0.25) is 14.8 Å². The summed E-state index contributed by atoms with van der Waals surface area (Å²) in [5.41, 5.74) is 1.98. The van der Waals surface area contributed by atoms with Gasteiger partial charge in [0.05, 0.1) is 12.1 Å². The standard InChI is InChI=1S/C19H25N5O/c1-23(2)19-17(21-8-9-22-19)11-16-6-4-10-24(14-16)18(25)12-15-5-3-7-20-13-15/h3,5,7-9,13,16H,4,6,10-12,14H2,1-2H3. The maximum Gasteiger partial charge on any atom is 0.227 e. The Morgan fingerprint density at radius 1 is 1.28 bits per heavy atom. The Morgan fingerprint density at radius 2 is 2.12 bits per heavy atom. The van der Waals surface area contributed by atoms with Gasteiger partial charge < -0.3 is 9.80 Å². The molecule has 132 valence electrons. The van der Waals surface area contributed by atoms with Gasteiger partial charge in [0.25, 0.3) is 0 Å². The first-order valence-corrected chi connectivity index (χ1v) is 8.77. The Balaban J connectivity index is 1.62. The lowest BCUT2D eigenvalue weighted by Gasteiger charge is -2.33. The number of rotatable bonds is 5. The van der Waals surface area contributed by atoms with E-state index in [1.807, 2.05) is 36.0 Å². The molecule has 0 aromatic carbocycles. The molecule has 3 rings (SSSR count). The highest BCUT2D eigenvalue weighted by Crippen LogP contribution is 2.24. The van der Waals surface area contributed by atoms with E-state index in [1.165, 1.54) is 0 Å². The zero-order valence-electron chi connectivity index (χ0n) is 14.9. The summed E-state index contributed by atoms with van der Waals surface area (Å²) in [6.07, 6.45) is 10.4. The number of amides is 1. The number of likely N-dealkylation sites (tertiary alicyclic amines) is 1. The van der Waals surface area contributed by atoms with Crippen LogP contribution in [0.5, 0.6) is 0 Å². The molecule has 1 atom stereocenters. The average Bonchev–Trinajstić information content (AvgIpc) is 2.63. The largest absolute Gasteiger partial charge is 0.361 e. The molecule has 6 nitrogen and oxygen atoms in total. The van der Waals surface area contributed by atoms with E-state index in [4.69, 9.17) is 0 Å². The van der Waals surface area contributed by atoms with E-state index in [9.17, 15) is 4.79 Å². The molecule has 1 fully saturated rings. The molecule has 0 bridgehead atoms. The molecular weight excluding hydrogens is 314 g/mol. The highest BCUT2D eigenvalue weighted by atomic mass is 16.2. The van der Waals surface area contributed by atoms with Gasteiger partial charge in [-0.25, -0.2) is 4.98 Å². The molecule has 3 heterocycles. The molecule has 1 unspecified atom stereocenters. The first-order valence-electron chi connectivity index (χ1n) is 8.77. The normalized spacial score (nSPS) is 17.4. The minimum atomic E-state index is 0.185. The van der Waals surface area contributed by atoms with Gasteiger partial charge in [0, 0.05) is 52.0 Å². The van der Waals surface area contributed by atoms with E-state index < -0.39 is 0 Å². The molecule has 1 aliphatic rings. The maximum absolute atomic E-state index is 12.6. The van der Waals surface area contributed by atoms with Crippen LogP contribution in [0.4, 0.5) is 5.82 Å². The summed E-state index contributed by atoms with van der Waals surface area (Å²) in [6.45, 7) is 1.64. The van der Waals surface area contributed by atoms with Crippen molar-refractivity contribution in [2.75, 3.05) is 32.1 Å². The van der Waals surface area contributed by atoms with Gasteiger partial charge in [0.15, 0.2) is 0 Å². The van der Waals surface area contributed by atoms with E-state index in [1.54, 1.807) is 24.8 Å². The predicted octanol–water partition coefficient (Wildman–Crippen LogP) is 1.96. The number of anilines is 1. The number of aromatic nitrogens is 3. The average molecular weight is 339 g/mol. The Hall–Kier alpha value is -2.50. The van der Waals surface area contributed by atoms with Crippen LogP contribution in [0.2, 0.25) is 0 Å². The van der Waals surface area contributed by atoms with Crippen LogP contribution in [0.25, 0.3) is 0 Å². The van der Waals surface area contributed by atoms with Gasteiger partial charge in [-0.1, -0.05) is 6.07 Å². The molecule has 2 aromatic rings. The van der Waals surface area contributed by atoms with Gasteiger partial charge in [0.1, 0.15) is 5.82 Å². The molecule has 2 aromatic heterocycles. The smallest absolute Gasteiger partial charge is 0.227 e. The lowest BCUT2D eigenvalue weighted by atomic mass is 9.92. The SMILES string of the molecule is CN(C)c1nccnc1CC1CCCN(C(=O)Cc2cccnc2)C1. The van der Waals surface area contributed by atoms with Crippen molar-refractivity contribution in [3.8, 4) is 0 Å². The van der Waals surface area contributed by atoms with Crippen molar-refractivity contribution >= 4 is 11.7 Å². The van der Waals surface area contributed by atoms with Crippen molar-refractivity contribution < 1.29 is 4.79 Å². The molecule has 1 amide bonds. The summed E-state index contributed by atoms with van der Waals surface area (Å²) in [6, 6.07) is 3.83. The number of carbonyl (C=O) groups is 1. The fourth-order valence-electron chi connectivity index (χ4n) is 3.40. The minimum Gasteiger partial charge on any atom is -0.361 e. The zero-order chi connectivity index (χ0) is 17.6. The fourth-order valence-corrected chi connectivity index (χ4v) is 3.40. The first kappa shape index (κ1) is 17.3. The second kappa shape index (κ2) is 8.05. The van der Waals surface area contributed by atoms with Crippen molar-refractivity contribution in [2.45, 2.75) is 25.7 Å². The summed E-state index contributed by atoms with van der Waals surface area (Å²) in [7, 11) is 3.97. The van der Waals surface area contributed by atoms with Gasteiger partial charge in [-0.15, -0.1) is 0 Å². The number of pyridine rings is 1. The van der Waals surface area contributed by atoms with Gasteiger partial charge in [0.2, 0.25) is 5.91 Å². The zero-order valence-corrected chi connectivity index (χ0v) is 14.9. The number of hydrogen-bond donors (Lipinski definition) is 0. The van der Waals surface area contributed by atoms with Crippen LogP contribution in [0.3, 0.4) is 0 Å². The Labute approximate surface area is 148 Å². The molecule has 0 aliphatic carbocycles. The van der Waals surface area contributed by atoms with Crippen LogP contribution >= 0.6 is 0 Å². The van der Waals surface area contributed by atoms with E-state index in [2.05, 4.69) is 15.0 Å².